The maximum atomic E-state index is 11.6. The van der Waals surface area contributed by atoms with Crippen LogP contribution in [0, 0.1) is 6.92 Å². The third-order valence-electron chi connectivity index (χ3n) is 2.86. The molecule has 1 fully saturated rings. The van der Waals surface area contributed by atoms with E-state index in [9.17, 15) is 9.59 Å². The molecule has 0 aromatic carbocycles. The number of aromatic carboxylic acids is 1. The number of likely N-dealkylation sites (N-methyl/N-ethyl adjacent to an activating group) is 1. The number of anilines is 1. The highest BCUT2D eigenvalue weighted by Gasteiger charge is 2.24. The highest BCUT2D eigenvalue weighted by atomic mass is 16.4. The lowest BCUT2D eigenvalue weighted by molar-refractivity contribution is -0.119. The first-order valence-corrected chi connectivity index (χ1v) is 6.05. The number of nitrogens with one attached hydrogen (secondary N) is 1. The van der Waals surface area contributed by atoms with Gasteiger partial charge in [-0.3, -0.25) is 4.79 Å². The monoisotopic (exact) mass is 264 g/mol. The molecular weight excluding hydrogens is 248 g/mol. The predicted octanol–water partition coefficient (Wildman–Crippen LogP) is 0.198. The molecule has 1 heterocycles. The van der Waals surface area contributed by atoms with Crippen LogP contribution in [0.15, 0.2) is 6.20 Å². The lowest BCUT2D eigenvalue weighted by Crippen LogP contribution is -2.37. The summed E-state index contributed by atoms with van der Waals surface area (Å²) in [6.07, 6.45) is 3.34. The zero-order valence-corrected chi connectivity index (χ0v) is 10.9. The lowest BCUT2D eigenvalue weighted by atomic mass is 10.2. The van der Waals surface area contributed by atoms with Crippen molar-refractivity contribution in [2.75, 3.05) is 18.5 Å². The lowest BCUT2D eigenvalue weighted by Gasteiger charge is -2.17. The second kappa shape index (κ2) is 5.21. The van der Waals surface area contributed by atoms with Crippen LogP contribution in [0.1, 0.15) is 28.9 Å². The van der Waals surface area contributed by atoms with Gasteiger partial charge in [-0.2, -0.15) is 0 Å². The Hall–Kier alpha value is -2.18. The maximum Gasteiger partial charge on any atom is 0.339 e. The molecule has 1 aliphatic carbocycles. The molecule has 0 atom stereocenters. The number of aromatic nitrogens is 2. The normalized spacial score (nSPS) is 14.0. The van der Waals surface area contributed by atoms with Crippen LogP contribution in [0.25, 0.3) is 0 Å². The van der Waals surface area contributed by atoms with E-state index in [2.05, 4.69) is 15.3 Å². The number of carbonyl (C=O) groups is 2. The number of aryl methyl sites for hydroxylation is 1. The van der Waals surface area contributed by atoms with E-state index < -0.39 is 5.97 Å². The molecule has 102 valence electrons. The summed E-state index contributed by atoms with van der Waals surface area (Å²) in [4.78, 5) is 32.1. The van der Waals surface area contributed by atoms with E-state index in [0.717, 1.165) is 12.8 Å². The predicted molar refractivity (Wildman–Crippen MR) is 68.2 cm³/mol. The van der Waals surface area contributed by atoms with E-state index >= 15 is 0 Å². The van der Waals surface area contributed by atoms with E-state index in [1.165, 1.54) is 6.20 Å². The summed E-state index contributed by atoms with van der Waals surface area (Å²) in [5, 5.41) is 11.8. The minimum Gasteiger partial charge on any atom is -0.478 e. The van der Waals surface area contributed by atoms with Crippen LogP contribution in [0.4, 0.5) is 5.95 Å². The van der Waals surface area contributed by atoms with Crippen molar-refractivity contribution in [3.05, 3.63) is 17.5 Å². The summed E-state index contributed by atoms with van der Waals surface area (Å²) in [5.41, 5.74) is 0.450. The Morgan fingerprint density at radius 1 is 1.53 bits per heavy atom. The van der Waals surface area contributed by atoms with Crippen LogP contribution < -0.4 is 10.2 Å². The fourth-order valence-electron chi connectivity index (χ4n) is 1.64. The molecule has 0 saturated heterocycles. The van der Waals surface area contributed by atoms with Crippen LogP contribution >= 0.6 is 0 Å². The molecule has 0 radical (unpaired) electrons. The minimum absolute atomic E-state index is 0.0691. The minimum atomic E-state index is -1.06. The average molecular weight is 264 g/mol. The standard InChI is InChI=1S/C12H16N4O3/c1-7-9(11(18)19)5-13-12(14-7)16(2)6-10(17)15-8-3-4-8/h5,8H,3-4,6H2,1-2H3,(H,15,17)(H,18,19). The average Bonchev–Trinajstić information content (AvgIpc) is 3.11. The van der Waals surface area contributed by atoms with Gasteiger partial charge in [0.1, 0.15) is 0 Å². The third kappa shape index (κ3) is 3.40. The number of nitrogens with zero attached hydrogens (tertiary/aromatic N) is 3. The number of hydrogen-bond acceptors (Lipinski definition) is 5. The number of carboxylic acid groups (broad SMARTS) is 1. The van der Waals surface area contributed by atoms with Crippen LogP contribution in [0.3, 0.4) is 0 Å². The summed E-state index contributed by atoms with van der Waals surface area (Å²) >= 11 is 0. The molecule has 0 aliphatic heterocycles. The summed E-state index contributed by atoms with van der Waals surface area (Å²) in [6, 6.07) is 0.318. The fourth-order valence-corrected chi connectivity index (χ4v) is 1.64. The van der Waals surface area contributed by atoms with Crippen molar-refractivity contribution in [3.63, 3.8) is 0 Å². The Morgan fingerprint density at radius 3 is 2.74 bits per heavy atom. The van der Waals surface area contributed by atoms with Gasteiger partial charge in [0.25, 0.3) is 0 Å². The summed E-state index contributed by atoms with van der Waals surface area (Å²) < 4.78 is 0. The zero-order valence-electron chi connectivity index (χ0n) is 10.9. The molecule has 0 spiro atoms. The number of rotatable bonds is 5. The van der Waals surface area contributed by atoms with E-state index in [0.29, 0.717) is 17.7 Å². The molecule has 1 aromatic heterocycles. The summed E-state index contributed by atoms with van der Waals surface area (Å²) in [6.45, 7) is 1.76. The first kappa shape index (κ1) is 13.3. The van der Waals surface area contributed by atoms with Crippen LogP contribution in [-0.4, -0.2) is 46.6 Å². The van der Waals surface area contributed by atoms with Crippen molar-refractivity contribution in [3.8, 4) is 0 Å². The van der Waals surface area contributed by atoms with E-state index in [4.69, 9.17) is 5.11 Å². The first-order valence-electron chi connectivity index (χ1n) is 6.05. The molecule has 19 heavy (non-hydrogen) atoms. The number of carboxylic acids is 1. The molecule has 0 bridgehead atoms. The van der Waals surface area contributed by atoms with Crippen molar-refractivity contribution in [2.45, 2.75) is 25.8 Å². The molecule has 2 N–H and O–H groups in total. The molecule has 1 saturated carbocycles. The number of hydrogen-bond donors (Lipinski definition) is 2. The van der Waals surface area contributed by atoms with Crippen LogP contribution in [0.2, 0.25) is 0 Å². The first-order chi connectivity index (χ1) is 8.97. The van der Waals surface area contributed by atoms with Crippen LogP contribution in [0.5, 0.6) is 0 Å². The van der Waals surface area contributed by atoms with Gasteiger partial charge in [0.05, 0.1) is 17.8 Å². The molecule has 7 heteroatoms. The number of carbonyl (C=O) groups excluding carboxylic acids is 1. The maximum absolute atomic E-state index is 11.6. The van der Waals surface area contributed by atoms with Gasteiger partial charge in [0.2, 0.25) is 11.9 Å². The Labute approximate surface area is 110 Å². The molecule has 1 aliphatic rings. The highest BCUT2D eigenvalue weighted by Crippen LogP contribution is 2.18. The second-order valence-corrected chi connectivity index (χ2v) is 4.67. The molecule has 1 amide bonds. The van der Waals surface area contributed by atoms with Gasteiger partial charge in [-0.15, -0.1) is 0 Å². The fraction of sp³-hybridized carbons (Fsp3) is 0.500. The Bertz CT molecular complexity index is 514. The van der Waals surface area contributed by atoms with Gasteiger partial charge in [0.15, 0.2) is 0 Å². The topological polar surface area (TPSA) is 95.4 Å². The van der Waals surface area contributed by atoms with E-state index in [1.54, 1.807) is 18.9 Å². The summed E-state index contributed by atoms with van der Waals surface area (Å²) in [7, 11) is 1.70. The Balaban J connectivity index is 2.01. The smallest absolute Gasteiger partial charge is 0.339 e. The molecule has 1 aromatic rings. The van der Waals surface area contributed by atoms with Crippen molar-refractivity contribution in [1.29, 1.82) is 0 Å². The zero-order chi connectivity index (χ0) is 14.0. The SMILES string of the molecule is Cc1nc(N(C)CC(=O)NC2CC2)ncc1C(=O)O. The third-order valence-corrected chi connectivity index (χ3v) is 2.86. The molecule has 7 nitrogen and oxygen atoms in total. The largest absolute Gasteiger partial charge is 0.478 e. The quantitative estimate of drug-likeness (QED) is 0.788. The highest BCUT2D eigenvalue weighted by molar-refractivity contribution is 5.88. The number of amides is 1. The van der Waals surface area contributed by atoms with Crippen LogP contribution in [-0.2, 0) is 4.79 Å². The summed E-state index contributed by atoms with van der Waals surface area (Å²) in [5.74, 6) is -0.791. The van der Waals surface area contributed by atoms with Gasteiger partial charge in [-0.05, 0) is 19.8 Å². The Morgan fingerprint density at radius 2 is 2.21 bits per heavy atom. The van der Waals surface area contributed by atoms with E-state index in [1.807, 2.05) is 0 Å². The van der Waals surface area contributed by atoms with Gasteiger partial charge in [-0.1, -0.05) is 0 Å². The molecular formula is C12H16N4O3. The van der Waals surface area contributed by atoms with Crippen molar-refractivity contribution in [1.82, 2.24) is 15.3 Å². The van der Waals surface area contributed by atoms with Gasteiger partial charge in [-0.25, -0.2) is 14.8 Å². The van der Waals surface area contributed by atoms with Gasteiger partial charge < -0.3 is 15.3 Å². The molecule has 0 unspecified atom stereocenters. The van der Waals surface area contributed by atoms with Gasteiger partial charge in [0, 0.05) is 19.3 Å². The Kier molecular flexibility index (Phi) is 3.64. The van der Waals surface area contributed by atoms with Crippen molar-refractivity contribution >= 4 is 17.8 Å². The second-order valence-electron chi connectivity index (χ2n) is 4.67. The molecule has 2 rings (SSSR count). The van der Waals surface area contributed by atoms with Gasteiger partial charge >= 0.3 is 5.97 Å². The van der Waals surface area contributed by atoms with Crippen molar-refractivity contribution in [2.24, 2.45) is 0 Å². The van der Waals surface area contributed by atoms with E-state index in [-0.39, 0.29) is 18.0 Å². The van der Waals surface area contributed by atoms with Crippen molar-refractivity contribution < 1.29 is 14.7 Å².